The van der Waals surface area contributed by atoms with Gasteiger partial charge in [0.15, 0.2) is 0 Å². The molecule has 3 heterocycles. The summed E-state index contributed by atoms with van der Waals surface area (Å²) in [6.45, 7) is 0. The molecule has 4 nitrogen and oxygen atoms in total. The van der Waals surface area contributed by atoms with Crippen LogP contribution in [0.1, 0.15) is 0 Å². The van der Waals surface area contributed by atoms with Crippen molar-refractivity contribution < 1.29 is 18.3 Å². The maximum Gasteiger partial charge on any atom is 0.222 e. The first kappa shape index (κ1) is 22.2. The number of nitrogens with zero attached hydrogens (tertiary/aromatic N) is 2. The van der Waals surface area contributed by atoms with Crippen LogP contribution >= 0.6 is 7.53 Å². The van der Waals surface area contributed by atoms with Crippen molar-refractivity contribution in [2.45, 2.75) is 0 Å². The van der Waals surface area contributed by atoms with Crippen LogP contribution < -0.4 is 9.47 Å². The number of aromatic nitrogens is 2. The van der Waals surface area contributed by atoms with Crippen molar-refractivity contribution in [2.24, 2.45) is 0 Å². The zero-order valence-corrected chi connectivity index (χ0v) is 20.0. The first-order chi connectivity index (χ1) is 17.6. The number of ether oxygens (including phenoxy) is 2. The van der Waals surface area contributed by atoms with Crippen LogP contribution in [0.2, 0.25) is 0 Å². The topological polar surface area (TPSA) is 44.2 Å². The summed E-state index contributed by atoms with van der Waals surface area (Å²) < 4.78 is 39.9. The van der Waals surface area contributed by atoms with Gasteiger partial charge < -0.3 is 9.47 Å². The Bertz CT molecular complexity index is 1740. The van der Waals surface area contributed by atoms with E-state index in [0.717, 1.165) is 32.0 Å². The summed E-state index contributed by atoms with van der Waals surface area (Å²) in [6.07, 6.45) is 3.33. The molecule has 36 heavy (non-hydrogen) atoms. The predicted molar refractivity (Wildman–Crippen MR) is 140 cm³/mol. The van der Waals surface area contributed by atoms with E-state index in [2.05, 4.69) is 16.0 Å². The highest BCUT2D eigenvalue weighted by Crippen LogP contribution is 2.55. The fourth-order valence-electron chi connectivity index (χ4n) is 4.39. The molecule has 3 aromatic heterocycles. The summed E-state index contributed by atoms with van der Waals surface area (Å²) in [5.41, 5.74) is 2.42. The molecule has 0 aliphatic carbocycles. The molecular weight excluding hydrogens is 477 g/mol. The molecule has 7 heteroatoms. The molecule has 0 amide bonds. The molecule has 0 radical (unpaired) electrons. The lowest BCUT2D eigenvalue weighted by molar-refractivity contribution is 0.404. The fraction of sp³-hybridized carbons (Fsp3) is 0.0345. The van der Waals surface area contributed by atoms with E-state index in [1.54, 1.807) is 43.8 Å². The zero-order valence-electron chi connectivity index (χ0n) is 19.2. The van der Waals surface area contributed by atoms with E-state index in [9.17, 15) is 8.78 Å². The second-order valence-corrected chi connectivity index (χ2v) is 10.3. The summed E-state index contributed by atoms with van der Waals surface area (Å²) >= 11 is 0. The Kier molecular flexibility index (Phi) is 5.59. The van der Waals surface area contributed by atoms with E-state index in [1.807, 2.05) is 36.4 Å². The Morgan fingerprint density at radius 1 is 0.667 bits per heavy atom. The van der Waals surface area contributed by atoms with Crippen LogP contribution in [0.5, 0.6) is 17.4 Å². The molecule has 0 bridgehead atoms. The monoisotopic (exact) mass is 496 g/mol. The molecule has 3 aromatic carbocycles. The highest BCUT2D eigenvalue weighted by Gasteiger charge is 2.16. The van der Waals surface area contributed by atoms with Crippen molar-refractivity contribution in [3.8, 4) is 33.9 Å². The van der Waals surface area contributed by atoms with E-state index in [0.29, 0.717) is 22.9 Å². The molecule has 6 rings (SSSR count). The van der Waals surface area contributed by atoms with Crippen molar-refractivity contribution in [3.63, 3.8) is 0 Å². The number of fused-ring (bicyclic) bond motifs is 3. The van der Waals surface area contributed by atoms with Gasteiger partial charge in [0.25, 0.3) is 0 Å². The number of rotatable bonds is 5. The number of halogens is 2. The van der Waals surface area contributed by atoms with Gasteiger partial charge in [0.1, 0.15) is 23.1 Å². The van der Waals surface area contributed by atoms with Crippen molar-refractivity contribution in [3.05, 3.63) is 109 Å². The van der Waals surface area contributed by atoms with Gasteiger partial charge in [-0.3, -0.25) is 4.98 Å². The summed E-state index contributed by atoms with van der Waals surface area (Å²) in [4.78, 5) is 8.79. The van der Waals surface area contributed by atoms with E-state index >= 15 is 0 Å². The van der Waals surface area contributed by atoms with Crippen molar-refractivity contribution in [1.29, 1.82) is 0 Å². The maximum atomic E-state index is 14.7. The normalized spacial score (nSPS) is 11.7. The molecule has 1 unspecified atom stereocenters. The molecule has 0 N–H and O–H groups in total. The second kappa shape index (κ2) is 9.06. The summed E-state index contributed by atoms with van der Waals surface area (Å²) in [7, 11) is 0.577. The van der Waals surface area contributed by atoms with Crippen molar-refractivity contribution in [1.82, 2.24) is 9.97 Å². The molecule has 0 fully saturated rings. The molecule has 1 atom stereocenters. The van der Waals surface area contributed by atoms with Crippen LogP contribution in [-0.4, -0.2) is 17.1 Å². The predicted octanol–water partition coefficient (Wildman–Crippen LogP) is 8.50. The fourth-order valence-corrected chi connectivity index (χ4v) is 6.91. The average Bonchev–Trinajstić information content (AvgIpc) is 3.21. The number of benzene rings is 3. The molecular formula is C29H19F2N2O2P. The van der Waals surface area contributed by atoms with Gasteiger partial charge in [-0.05, 0) is 76.5 Å². The zero-order chi connectivity index (χ0) is 24.6. The summed E-state index contributed by atoms with van der Waals surface area (Å²) in [5.74, 6) is 0.511. The lowest BCUT2D eigenvalue weighted by Gasteiger charge is -2.10. The first-order valence-electron chi connectivity index (χ1n) is 11.2. The van der Waals surface area contributed by atoms with Crippen LogP contribution in [0.4, 0.5) is 8.78 Å². The van der Waals surface area contributed by atoms with Crippen LogP contribution in [-0.2, 0) is 0 Å². The lowest BCUT2D eigenvalue weighted by atomic mass is 10.0. The van der Waals surface area contributed by atoms with Gasteiger partial charge in [0, 0.05) is 34.8 Å². The number of hydrogen-bond donors (Lipinski definition) is 0. The van der Waals surface area contributed by atoms with E-state index < -0.39 is 13.4 Å². The van der Waals surface area contributed by atoms with Gasteiger partial charge in [-0.2, -0.15) is 0 Å². The van der Waals surface area contributed by atoms with Gasteiger partial charge in [-0.1, -0.05) is 25.7 Å². The largest absolute Gasteiger partial charge is 0.497 e. The van der Waals surface area contributed by atoms with Gasteiger partial charge >= 0.3 is 0 Å². The van der Waals surface area contributed by atoms with Gasteiger partial charge in [-0.15, -0.1) is 0 Å². The Morgan fingerprint density at radius 2 is 1.58 bits per heavy atom. The molecule has 0 aliphatic heterocycles. The summed E-state index contributed by atoms with van der Waals surface area (Å²) in [5, 5.41) is 3.96. The Balaban J connectivity index is 1.50. The van der Waals surface area contributed by atoms with Crippen LogP contribution in [0.15, 0.2) is 97.3 Å². The van der Waals surface area contributed by atoms with E-state index in [4.69, 9.17) is 9.47 Å². The average molecular weight is 496 g/mol. The Morgan fingerprint density at radius 3 is 2.42 bits per heavy atom. The Labute approximate surface area is 206 Å². The summed E-state index contributed by atoms with van der Waals surface area (Å²) in [6, 6.07) is 24.6. The SMILES string of the molecule is COc1ccnc(Oc2cc(F)cc(-c3ccc4c5cc(F)ccc5p(-c5ccccn5)c4c3)c2)c1. The highest BCUT2D eigenvalue weighted by molar-refractivity contribution is 7.67. The minimum Gasteiger partial charge on any atom is -0.497 e. The third kappa shape index (κ3) is 4.06. The van der Waals surface area contributed by atoms with Crippen LogP contribution in [0.25, 0.3) is 37.6 Å². The van der Waals surface area contributed by atoms with Crippen molar-refractivity contribution >= 4 is 28.5 Å². The second-order valence-electron chi connectivity index (χ2n) is 8.23. The van der Waals surface area contributed by atoms with Gasteiger partial charge in [0.2, 0.25) is 5.88 Å². The minimum atomic E-state index is -0.978. The van der Waals surface area contributed by atoms with E-state index in [-0.39, 0.29) is 5.82 Å². The maximum absolute atomic E-state index is 14.7. The van der Waals surface area contributed by atoms with Gasteiger partial charge in [0.05, 0.1) is 12.5 Å². The molecule has 0 spiro atoms. The quantitative estimate of drug-likeness (QED) is 0.240. The standard InChI is InChI=1S/C29H19F2N2O2P/c1-34-22-9-11-32-28(17-22)35-23-13-19(12-21(31)15-23)18-5-7-24-25-16-20(30)6-8-26(25)36(27(24)14-18)29-4-2-3-10-33-29/h2-17H,1H3. The van der Waals surface area contributed by atoms with Crippen LogP contribution in [0.3, 0.4) is 0 Å². The minimum absolute atomic E-state index is 0.278. The number of pyridine rings is 2. The smallest absolute Gasteiger partial charge is 0.222 e. The third-order valence-corrected chi connectivity index (χ3v) is 8.42. The lowest BCUT2D eigenvalue weighted by Crippen LogP contribution is -1.91. The highest BCUT2D eigenvalue weighted by atomic mass is 31.1. The molecule has 0 saturated carbocycles. The molecule has 0 aliphatic rings. The van der Waals surface area contributed by atoms with Crippen LogP contribution in [0, 0.1) is 11.6 Å². The molecule has 0 saturated heterocycles. The Hall–Kier alpha value is -4.28. The number of methoxy groups -OCH3 is 1. The third-order valence-electron chi connectivity index (χ3n) is 5.98. The molecule has 6 aromatic rings. The van der Waals surface area contributed by atoms with Gasteiger partial charge in [-0.25, -0.2) is 13.8 Å². The number of hydrogen-bond acceptors (Lipinski definition) is 4. The van der Waals surface area contributed by atoms with Crippen molar-refractivity contribution in [2.75, 3.05) is 7.11 Å². The molecule has 176 valence electrons. The van der Waals surface area contributed by atoms with E-state index in [1.165, 1.54) is 18.2 Å². The first-order valence-corrected chi connectivity index (χ1v) is 12.6.